The fourth-order valence-corrected chi connectivity index (χ4v) is 2.38. The molecule has 0 amide bonds. The van der Waals surface area contributed by atoms with E-state index in [1.165, 1.54) is 29.8 Å². The smallest absolute Gasteiger partial charge is 0.310 e. The average Bonchev–Trinajstić information content (AvgIpc) is 3.01. The molecule has 1 aliphatic rings. The minimum Gasteiger partial charge on any atom is -0.310 e. The molecular weight excluding hydrogens is 248 g/mol. The summed E-state index contributed by atoms with van der Waals surface area (Å²) in [7, 11) is 0. The second-order valence-corrected chi connectivity index (χ2v) is 5.89. The Morgan fingerprint density at radius 1 is 1.67 bits per heavy atom. The summed E-state index contributed by atoms with van der Waals surface area (Å²) >= 11 is 1.18. The van der Waals surface area contributed by atoms with Gasteiger partial charge in [-0.05, 0) is 24.3 Å². The first-order chi connectivity index (χ1) is 8.56. The van der Waals surface area contributed by atoms with Gasteiger partial charge in [0.05, 0.1) is 4.92 Å². The zero-order valence-corrected chi connectivity index (χ0v) is 11.5. The molecule has 1 heterocycles. The molecule has 1 aromatic heterocycles. The highest BCUT2D eigenvalue weighted by Crippen LogP contribution is 2.26. The van der Waals surface area contributed by atoms with E-state index in [2.05, 4.69) is 25.2 Å². The Labute approximate surface area is 111 Å². The predicted octanol–water partition coefficient (Wildman–Crippen LogP) is 3.45. The summed E-state index contributed by atoms with van der Waals surface area (Å²) in [6.45, 7) is 5.19. The van der Waals surface area contributed by atoms with Crippen LogP contribution in [0.4, 0.5) is 5.00 Å². The summed E-state index contributed by atoms with van der Waals surface area (Å²) < 4.78 is 0. The predicted molar refractivity (Wildman–Crippen MR) is 74.8 cm³/mol. The monoisotopic (exact) mass is 266 g/mol. The third-order valence-corrected chi connectivity index (χ3v) is 3.95. The second kappa shape index (κ2) is 5.63. The van der Waals surface area contributed by atoms with Gasteiger partial charge in [-0.1, -0.05) is 36.8 Å². The van der Waals surface area contributed by atoms with E-state index in [4.69, 9.17) is 0 Å². The molecule has 0 unspecified atom stereocenters. The zero-order valence-electron chi connectivity index (χ0n) is 10.7. The summed E-state index contributed by atoms with van der Waals surface area (Å²) in [4.78, 5) is 10.3. The Morgan fingerprint density at radius 2 is 2.39 bits per heavy atom. The van der Waals surface area contributed by atoms with Gasteiger partial charge in [-0.15, -0.1) is 0 Å². The molecule has 2 rings (SSSR count). The summed E-state index contributed by atoms with van der Waals surface area (Å²) in [6, 6.07) is 2.33. The number of thiophene rings is 1. The lowest BCUT2D eigenvalue weighted by atomic mass is 10.0. The highest BCUT2D eigenvalue weighted by atomic mass is 32.1. The summed E-state index contributed by atoms with van der Waals surface area (Å²) in [5.41, 5.74) is 2.24. The van der Waals surface area contributed by atoms with Gasteiger partial charge in [0.2, 0.25) is 0 Å². The molecule has 0 bridgehead atoms. The maximum absolute atomic E-state index is 10.6. The molecule has 1 saturated carbocycles. The van der Waals surface area contributed by atoms with Crippen LogP contribution in [0.5, 0.6) is 0 Å². The van der Waals surface area contributed by atoms with E-state index in [1.54, 1.807) is 6.07 Å². The van der Waals surface area contributed by atoms with Crippen LogP contribution in [0.3, 0.4) is 0 Å². The number of hydrogen-bond acceptors (Lipinski definition) is 4. The van der Waals surface area contributed by atoms with Crippen molar-refractivity contribution in [2.24, 2.45) is 5.92 Å². The van der Waals surface area contributed by atoms with Gasteiger partial charge in [-0.2, -0.15) is 0 Å². The molecule has 0 atom stereocenters. The van der Waals surface area contributed by atoms with E-state index in [0.717, 1.165) is 12.1 Å². The molecule has 0 aliphatic heterocycles. The number of nitro groups is 1. The van der Waals surface area contributed by atoms with Crippen molar-refractivity contribution in [1.82, 2.24) is 5.32 Å². The summed E-state index contributed by atoms with van der Waals surface area (Å²) in [5, 5.41) is 16.2. The van der Waals surface area contributed by atoms with Crippen LogP contribution in [0.25, 0.3) is 6.08 Å². The first-order valence-corrected chi connectivity index (χ1v) is 7.11. The Hall–Kier alpha value is -1.20. The third-order valence-electron chi connectivity index (χ3n) is 3.05. The Balaban J connectivity index is 2.06. The van der Waals surface area contributed by atoms with Crippen molar-refractivity contribution in [3.8, 4) is 0 Å². The third kappa shape index (κ3) is 3.65. The fraction of sp³-hybridized carbons (Fsp3) is 0.538. The van der Waals surface area contributed by atoms with Crippen molar-refractivity contribution in [2.75, 3.05) is 6.54 Å². The Morgan fingerprint density at radius 3 is 2.89 bits per heavy atom. The van der Waals surface area contributed by atoms with Gasteiger partial charge >= 0.3 is 5.00 Å². The average molecular weight is 266 g/mol. The van der Waals surface area contributed by atoms with Crippen LogP contribution >= 0.6 is 11.3 Å². The lowest BCUT2D eigenvalue weighted by molar-refractivity contribution is -0.380. The maximum Gasteiger partial charge on any atom is 0.324 e. The number of hydrogen-bond donors (Lipinski definition) is 1. The van der Waals surface area contributed by atoms with Crippen LogP contribution in [0.15, 0.2) is 17.0 Å². The molecule has 4 nitrogen and oxygen atoms in total. The highest BCUT2D eigenvalue weighted by molar-refractivity contribution is 7.13. The first kappa shape index (κ1) is 13.2. The van der Waals surface area contributed by atoms with Gasteiger partial charge in [0.1, 0.15) is 0 Å². The van der Waals surface area contributed by atoms with E-state index in [9.17, 15) is 10.1 Å². The molecule has 5 heteroatoms. The van der Waals surface area contributed by atoms with Gasteiger partial charge in [-0.3, -0.25) is 10.1 Å². The van der Waals surface area contributed by atoms with E-state index in [1.807, 2.05) is 5.38 Å². The molecule has 0 saturated heterocycles. The second-order valence-electron chi connectivity index (χ2n) is 5.00. The molecule has 98 valence electrons. The van der Waals surface area contributed by atoms with Gasteiger partial charge in [-0.25, -0.2) is 0 Å². The molecule has 1 fully saturated rings. The minimum absolute atomic E-state index is 0.208. The Kier molecular flexibility index (Phi) is 4.14. The van der Waals surface area contributed by atoms with Crippen molar-refractivity contribution in [1.29, 1.82) is 0 Å². The molecule has 1 N–H and O–H groups in total. The van der Waals surface area contributed by atoms with Crippen LogP contribution in [0.2, 0.25) is 0 Å². The molecule has 0 radical (unpaired) electrons. The van der Waals surface area contributed by atoms with Crippen LogP contribution < -0.4 is 5.32 Å². The highest BCUT2D eigenvalue weighted by Gasteiger charge is 2.20. The van der Waals surface area contributed by atoms with E-state index in [0.29, 0.717) is 12.0 Å². The summed E-state index contributed by atoms with van der Waals surface area (Å²) in [5.74, 6) is 0.454. The lowest BCUT2D eigenvalue weighted by Gasteiger charge is -2.12. The first-order valence-electron chi connectivity index (χ1n) is 6.23. The van der Waals surface area contributed by atoms with Crippen molar-refractivity contribution >= 4 is 22.4 Å². The fourth-order valence-electron chi connectivity index (χ4n) is 1.70. The molecule has 18 heavy (non-hydrogen) atoms. The summed E-state index contributed by atoms with van der Waals surface area (Å²) in [6.07, 6.45) is 4.62. The number of rotatable bonds is 6. The van der Waals surface area contributed by atoms with Crippen LogP contribution in [-0.4, -0.2) is 17.5 Å². The van der Waals surface area contributed by atoms with Crippen LogP contribution in [0, 0.1) is 16.0 Å². The van der Waals surface area contributed by atoms with Crippen molar-refractivity contribution < 1.29 is 4.92 Å². The minimum atomic E-state index is -0.334. The van der Waals surface area contributed by atoms with Crippen molar-refractivity contribution in [3.05, 3.63) is 32.7 Å². The number of nitrogens with one attached hydrogen (secondary N) is 1. The molecule has 1 aliphatic carbocycles. The van der Waals surface area contributed by atoms with Crippen molar-refractivity contribution in [2.45, 2.75) is 32.7 Å². The van der Waals surface area contributed by atoms with Gasteiger partial charge in [0.15, 0.2) is 0 Å². The van der Waals surface area contributed by atoms with Gasteiger partial charge < -0.3 is 5.32 Å². The van der Waals surface area contributed by atoms with E-state index in [-0.39, 0.29) is 9.92 Å². The molecule has 1 aromatic rings. The largest absolute Gasteiger partial charge is 0.324 e. The Bertz CT molecular complexity index is 461. The maximum atomic E-state index is 10.6. The molecule has 0 aromatic carbocycles. The molecular formula is C13H18N2O2S. The zero-order chi connectivity index (χ0) is 13.1. The van der Waals surface area contributed by atoms with E-state index >= 15 is 0 Å². The van der Waals surface area contributed by atoms with Gasteiger partial charge in [0.25, 0.3) is 0 Å². The van der Waals surface area contributed by atoms with E-state index < -0.39 is 0 Å². The SMILES string of the molecule is CC(C)C(=Cc1csc([N+](=O)[O-])c1)CNC1CC1. The topological polar surface area (TPSA) is 55.2 Å². The van der Waals surface area contributed by atoms with Crippen LogP contribution in [-0.2, 0) is 0 Å². The standard InChI is InChI=1S/C13H18N2O2S/c1-9(2)11(7-14-12-3-4-12)5-10-6-13(15(16)17)18-8-10/h5-6,8-9,12,14H,3-4,7H2,1-2H3. The quantitative estimate of drug-likeness (QED) is 0.634. The van der Waals surface area contributed by atoms with Gasteiger partial charge in [0, 0.05) is 24.0 Å². The molecule has 0 spiro atoms. The van der Waals surface area contributed by atoms with Crippen molar-refractivity contribution in [3.63, 3.8) is 0 Å². The number of nitrogens with zero attached hydrogens (tertiary/aromatic N) is 1. The normalized spacial score (nSPS) is 16.3. The lowest BCUT2D eigenvalue weighted by Crippen LogP contribution is -2.21. The van der Waals surface area contributed by atoms with Crippen LogP contribution in [0.1, 0.15) is 32.3 Å².